The van der Waals surface area contributed by atoms with Crippen molar-refractivity contribution in [2.75, 3.05) is 10.2 Å². The predicted molar refractivity (Wildman–Crippen MR) is 110 cm³/mol. The topological polar surface area (TPSA) is 104 Å². The number of aryl methyl sites for hydroxylation is 1. The summed E-state index contributed by atoms with van der Waals surface area (Å²) in [6.07, 6.45) is 1.80. The van der Waals surface area contributed by atoms with Crippen LogP contribution in [0.1, 0.15) is 12.0 Å². The zero-order valence-corrected chi connectivity index (χ0v) is 16.3. The smallest absolute Gasteiger partial charge is 0.328 e. The second kappa shape index (κ2) is 8.74. The van der Waals surface area contributed by atoms with Crippen molar-refractivity contribution in [2.45, 2.75) is 23.5 Å². The Morgan fingerprint density at radius 2 is 1.86 bits per heavy atom. The molecule has 1 fully saturated rings. The van der Waals surface area contributed by atoms with E-state index in [0.29, 0.717) is 11.4 Å². The molecular formula is C21H18N2O5S. The van der Waals surface area contributed by atoms with Gasteiger partial charge < -0.3 is 10.4 Å². The molecule has 29 heavy (non-hydrogen) atoms. The first-order valence-corrected chi connectivity index (χ1v) is 9.63. The van der Waals surface area contributed by atoms with Gasteiger partial charge in [-0.2, -0.15) is 0 Å². The molecule has 148 valence electrons. The number of nitrogens with zero attached hydrogens (tertiary/aromatic N) is 1. The monoisotopic (exact) mass is 410 g/mol. The molecular weight excluding hydrogens is 392 g/mol. The van der Waals surface area contributed by atoms with Crippen LogP contribution in [-0.4, -0.2) is 34.0 Å². The molecule has 1 saturated heterocycles. The van der Waals surface area contributed by atoms with E-state index in [1.165, 1.54) is 16.7 Å². The van der Waals surface area contributed by atoms with Crippen LogP contribution in [0.2, 0.25) is 0 Å². The summed E-state index contributed by atoms with van der Waals surface area (Å²) in [5.41, 5.74) is 2.04. The van der Waals surface area contributed by atoms with Crippen LogP contribution in [0, 0.1) is 6.92 Å². The number of carboxylic acid groups (broad SMARTS) is 1. The summed E-state index contributed by atoms with van der Waals surface area (Å²) < 4.78 is 0. The average molecular weight is 410 g/mol. The number of hydrogen-bond donors (Lipinski definition) is 2. The molecule has 0 unspecified atom stereocenters. The number of carbonyl (C=O) groups excluding carboxylic acids is 3. The van der Waals surface area contributed by atoms with Crippen molar-refractivity contribution in [3.8, 4) is 0 Å². The number of carbonyl (C=O) groups is 4. The normalized spacial score (nSPS) is 16.4. The number of amides is 3. The molecule has 1 heterocycles. The SMILES string of the molecule is Cc1cccc(N2C(=O)C[C@H](Sc3ccc(NC(=O)/C=C/C(=O)O)cc3)C2=O)c1. The first-order valence-electron chi connectivity index (χ1n) is 8.75. The van der Waals surface area contributed by atoms with Crippen LogP contribution in [0.3, 0.4) is 0 Å². The number of rotatable bonds is 6. The minimum absolute atomic E-state index is 0.121. The summed E-state index contributed by atoms with van der Waals surface area (Å²) in [6, 6.07) is 14.0. The molecule has 3 amide bonds. The van der Waals surface area contributed by atoms with Gasteiger partial charge in [-0.1, -0.05) is 12.1 Å². The Bertz CT molecular complexity index is 1000. The predicted octanol–water partition coefficient (Wildman–Crippen LogP) is 3.00. The minimum Gasteiger partial charge on any atom is -0.478 e. The van der Waals surface area contributed by atoms with Crippen molar-refractivity contribution < 1.29 is 24.3 Å². The number of thioether (sulfide) groups is 1. The second-order valence-electron chi connectivity index (χ2n) is 6.40. The van der Waals surface area contributed by atoms with Gasteiger partial charge in [-0.15, -0.1) is 11.8 Å². The van der Waals surface area contributed by atoms with Gasteiger partial charge in [-0.3, -0.25) is 14.4 Å². The molecule has 2 N–H and O–H groups in total. The largest absolute Gasteiger partial charge is 0.478 e. The molecule has 0 aromatic heterocycles. The Hall–Kier alpha value is -3.39. The van der Waals surface area contributed by atoms with E-state index >= 15 is 0 Å². The zero-order chi connectivity index (χ0) is 21.0. The lowest BCUT2D eigenvalue weighted by atomic mass is 10.2. The van der Waals surface area contributed by atoms with Crippen molar-refractivity contribution in [3.05, 3.63) is 66.2 Å². The van der Waals surface area contributed by atoms with E-state index in [1.54, 1.807) is 36.4 Å². The van der Waals surface area contributed by atoms with E-state index in [0.717, 1.165) is 22.6 Å². The molecule has 3 rings (SSSR count). The van der Waals surface area contributed by atoms with Crippen molar-refractivity contribution >= 4 is 46.8 Å². The van der Waals surface area contributed by atoms with Crippen LogP contribution in [0.25, 0.3) is 0 Å². The van der Waals surface area contributed by atoms with Gasteiger partial charge >= 0.3 is 5.97 Å². The molecule has 0 saturated carbocycles. The van der Waals surface area contributed by atoms with Crippen molar-refractivity contribution in [1.29, 1.82) is 0 Å². The van der Waals surface area contributed by atoms with Gasteiger partial charge in [-0.05, 0) is 48.9 Å². The lowest BCUT2D eigenvalue weighted by molar-refractivity contribution is -0.131. The average Bonchev–Trinajstić information content (AvgIpc) is 2.95. The maximum absolute atomic E-state index is 12.7. The van der Waals surface area contributed by atoms with Gasteiger partial charge in [-0.25, -0.2) is 9.69 Å². The number of hydrogen-bond acceptors (Lipinski definition) is 5. The summed E-state index contributed by atoms with van der Waals surface area (Å²) in [4.78, 5) is 49.2. The zero-order valence-electron chi connectivity index (χ0n) is 15.5. The third-order valence-corrected chi connectivity index (χ3v) is 5.34. The Kier molecular flexibility index (Phi) is 6.13. The fraction of sp³-hybridized carbons (Fsp3) is 0.143. The lowest BCUT2D eigenvalue weighted by Crippen LogP contribution is -2.31. The van der Waals surface area contributed by atoms with E-state index in [2.05, 4.69) is 5.32 Å². The minimum atomic E-state index is -1.21. The standard InChI is InChI=1S/C21H18N2O5S/c1-13-3-2-4-15(11-13)23-19(25)12-17(21(23)28)29-16-7-5-14(6-8-16)22-18(24)9-10-20(26)27/h2-11,17H,12H2,1H3,(H,22,24)(H,26,27)/b10-9+/t17-/m0/s1. The second-order valence-corrected chi connectivity index (χ2v) is 7.68. The van der Waals surface area contributed by atoms with E-state index in [4.69, 9.17) is 5.11 Å². The van der Waals surface area contributed by atoms with E-state index in [9.17, 15) is 19.2 Å². The van der Waals surface area contributed by atoms with Crippen LogP contribution in [0.15, 0.2) is 65.6 Å². The van der Waals surface area contributed by atoms with E-state index < -0.39 is 17.1 Å². The highest BCUT2D eigenvalue weighted by Crippen LogP contribution is 2.34. The van der Waals surface area contributed by atoms with Crippen molar-refractivity contribution in [1.82, 2.24) is 0 Å². The third-order valence-electron chi connectivity index (χ3n) is 4.14. The summed E-state index contributed by atoms with van der Waals surface area (Å²) in [5, 5.41) is 10.5. The van der Waals surface area contributed by atoms with Gasteiger partial charge in [0.1, 0.15) is 0 Å². The molecule has 2 aromatic rings. The molecule has 0 radical (unpaired) electrons. The number of benzene rings is 2. The maximum Gasteiger partial charge on any atom is 0.328 e. The van der Waals surface area contributed by atoms with Gasteiger partial charge in [0.15, 0.2) is 0 Å². The lowest BCUT2D eigenvalue weighted by Gasteiger charge is -2.15. The Morgan fingerprint density at radius 3 is 2.52 bits per heavy atom. The molecule has 7 nitrogen and oxygen atoms in total. The van der Waals surface area contributed by atoms with E-state index in [1.807, 2.05) is 19.1 Å². The van der Waals surface area contributed by atoms with Gasteiger partial charge in [0.25, 0.3) is 0 Å². The van der Waals surface area contributed by atoms with Gasteiger partial charge in [0.2, 0.25) is 17.7 Å². The highest BCUT2D eigenvalue weighted by Gasteiger charge is 2.40. The number of anilines is 2. The van der Waals surface area contributed by atoms with Crippen LogP contribution >= 0.6 is 11.8 Å². The number of aliphatic carboxylic acids is 1. The Morgan fingerprint density at radius 1 is 1.14 bits per heavy atom. The van der Waals surface area contributed by atoms with Crippen LogP contribution in [0.5, 0.6) is 0 Å². The fourth-order valence-electron chi connectivity index (χ4n) is 2.85. The van der Waals surface area contributed by atoms with Gasteiger partial charge in [0, 0.05) is 29.2 Å². The van der Waals surface area contributed by atoms with Gasteiger partial charge in [0.05, 0.1) is 10.9 Å². The summed E-state index contributed by atoms with van der Waals surface area (Å²) in [5.74, 6) is -2.24. The molecule has 1 aliphatic rings. The molecule has 1 aliphatic heterocycles. The summed E-state index contributed by atoms with van der Waals surface area (Å²) >= 11 is 1.29. The van der Waals surface area contributed by atoms with Crippen LogP contribution in [-0.2, 0) is 19.2 Å². The molecule has 2 aromatic carbocycles. The van der Waals surface area contributed by atoms with Crippen LogP contribution < -0.4 is 10.2 Å². The molecule has 0 aliphatic carbocycles. The van der Waals surface area contributed by atoms with Crippen molar-refractivity contribution in [3.63, 3.8) is 0 Å². The highest BCUT2D eigenvalue weighted by atomic mass is 32.2. The Balaban J connectivity index is 1.64. The highest BCUT2D eigenvalue weighted by molar-refractivity contribution is 8.00. The quantitative estimate of drug-likeness (QED) is 0.560. The fourth-order valence-corrected chi connectivity index (χ4v) is 3.90. The number of imide groups is 1. The molecule has 8 heteroatoms. The van der Waals surface area contributed by atoms with E-state index in [-0.39, 0.29) is 18.2 Å². The third kappa shape index (κ3) is 5.11. The first kappa shape index (κ1) is 20.3. The Labute approximate surface area is 171 Å². The number of nitrogens with one attached hydrogen (secondary N) is 1. The summed E-state index contributed by atoms with van der Waals surface area (Å²) in [7, 11) is 0. The number of carboxylic acids is 1. The van der Waals surface area contributed by atoms with Crippen LogP contribution in [0.4, 0.5) is 11.4 Å². The summed E-state index contributed by atoms with van der Waals surface area (Å²) in [6.45, 7) is 1.90. The molecule has 1 atom stereocenters. The van der Waals surface area contributed by atoms with Crippen molar-refractivity contribution in [2.24, 2.45) is 0 Å². The first-order chi connectivity index (χ1) is 13.8. The molecule has 0 bridgehead atoms. The maximum atomic E-state index is 12.7. The molecule has 0 spiro atoms.